The summed E-state index contributed by atoms with van der Waals surface area (Å²) < 4.78 is 15.5. The summed E-state index contributed by atoms with van der Waals surface area (Å²) in [5, 5.41) is 0. The van der Waals surface area contributed by atoms with Crippen LogP contribution in [0.5, 0.6) is 0 Å². The molecule has 1 aliphatic heterocycles. The number of methoxy groups -OCH3 is 1. The standard InChI is InChI=1S/C15H24O5/c1-4-19-14(17)15(10(2)20-15)9-12-7-5-6-11(12)8-13(16)18-3/h10-12H,4-9H2,1-3H3. The van der Waals surface area contributed by atoms with Crippen LogP contribution in [-0.2, 0) is 23.8 Å². The molecule has 1 aliphatic carbocycles. The van der Waals surface area contributed by atoms with Crippen LogP contribution >= 0.6 is 0 Å². The molecule has 5 nitrogen and oxygen atoms in total. The monoisotopic (exact) mass is 284 g/mol. The van der Waals surface area contributed by atoms with E-state index in [1.54, 1.807) is 6.92 Å². The summed E-state index contributed by atoms with van der Waals surface area (Å²) in [7, 11) is 1.42. The Bertz CT molecular complexity index is 380. The van der Waals surface area contributed by atoms with Gasteiger partial charge in [-0.15, -0.1) is 0 Å². The van der Waals surface area contributed by atoms with Gasteiger partial charge in [0.1, 0.15) is 0 Å². The van der Waals surface area contributed by atoms with Crippen LogP contribution in [0.4, 0.5) is 0 Å². The largest absolute Gasteiger partial charge is 0.469 e. The smallest absolute Gasteiger partial charge is 0.341 e. The predicted octanol–water partition coefficient (Wildman–Crippen LogP) is 2.08. The highest BCUT2D eigenvalue weighted by atomic mass is 16.7. The van der Waals surface area contributed by atoms with Gasteiger partial charge in [-0.1, -0.05) is 12.8 Å². The van der Waals surface area contributed by atoms with Crippen LogP contribution in [0, 0.1) is 11.8 Å². The molecule has 5 heteroatoms. The molecular formula is C15H24O5. The van der Waals surface area contributed by atoms with Gasteiger partial charge in [-0.05, 0) is 38.5 Å². The molecule has 0 aromatic carbocycles. The Labute approximate surface area is 120 Å². The second-order valence-electron chi connectivity index (χ2n) is 5.81. The van der Waals surface area contributed by atoms with E-state index in [-0.39, 0.29) is 18.0 Å². The van der Waals surface area contributed by atoms with Crippen LogP contribution in [0.25, 0.3) is 0 Å². The summed E-state index contributed by atoms with van der Waals surface area (Å²) in [6.45, 7) is 4.07. The number of rotatable bonds is 6. The van der Waals surface area contributed by atoms with E-state index in [2.05, 4.69) is 0 Å². The average molecular weight is 284 g/mol. The van der Waals surface area contributed by atoms with Gasteiger partial charge in [0, 0.05) is 6.42 Å². The Morgan fingerprint density at radius 1 is 1.30 bits per heavy atom. The van der Waals surface area contributed by atoms with Crippen molar-refractivity contribution >= 4 is 11.9 Å². The van der Waals surface area contributed by atoms with Crippen molar-refractivity contribution < 1.29 is 23.8 Å². The highest BCUT2D eigenvalue weighted by Gasteiger charge is 2.62. The van der Waals surface area contributed by atoms with E-state index in [0.29, 0.717) is 31.3 Å². The molecule has 114 valence electrons. The first kappa shape index (κ1) is 15.3. The molecule has 0 bridgehead atoms. The molecule has 0 amide bonds. The van der Waals surface area contributed by atoms with Gasteiger partial charge in [-0.2, -0.15) is 0 Å². The van der Waals surface area contributed by atoms with Gasteiger partial charge < -0.3 is 14.2 Å². The third-order valence-electron chi connectivity index (χ3n) is 4.65. The molecule has 2 rings (SSSR count). The van der Waals surface area contributed by atoms with Crippen molar-refractivity contribution in [1.29, 1.82) is 0 Å². The van der Waals surface area contributed by atoms with Crippen LogP contribution < -0.4 is 0 Å². The summed E-state index contributed by atoms with van der Waals surface area (Å²) in [6, 6.07) is 0. The highest BCUT2D eigenvalue weighted by Crippen LogP contribution is 2.48. The number of esters is 2. The first-order valence-corrected chi connectivity index (χ1v) is 7.45. The maximum atomic E-state index is 12.1. The molecule has 0 aromatic heterocycles. The quantitative estimate of drug-likeness (QED) is 0.552. The van der Waals surface area contributed by atoms with Gasteiger partial charge in [-0.25, -0.2) is 4.79 Å². The zero-order valence-electron chi connectivity index (χ0n) is 12.5. The minimum Gasteiger partial charge on any atom is -0.469 e. The summed E-state index contributed by atoms with van der Waals surface area (Å²) in [4.78, 5) is 23.5. The lowest BCUT2D eigenvalue weighted by molar-refractivity contribution is -0.150. The van der Waals surface area contributed by atoms with E-state index >= 15 is 0 Å². The fraction of sp³-hybridized carbons (Fsp3) is 0.867. The summed E-state index contributed by atoms with van der Waals surface area (Å²) >= 11 is 0. The molecule has 20 heavy (non-hydrogen) atoms. The third-order valence-corrected chi connectivity index (χ3v) is 4.65. The minimum atomic E-state index is -0.764. The number of carbonyl (C=O) groups excluding carboxylic acids is 2. The summed E-state index contributed by atoms with van der Waals surface area (Å²) in [5.41, 5.74) is -0.764. The van der Waals surface area contributed by atoms with Crippen molar-refractivity contribution in [2.75, 3.05) is 13.7 Å². The SMILES string of the molecule is CCOC(=O)C1(CC2CCCC2CC(=O)OC)OC1C. The molecule has 0 aromatic rings. The Morgan fingerprint density at radius 2 is 1.95 bits per heavy atom. The molecule has 0 radical (unpaired) electrons. The molecule has 2 aliphatic rings. The Hall–Kier alpha value is -1.10. The topological polar surface area (TPSA) is 65.1 Å². The molecule has 2 fully saturated rings. The second-order valence-corrected chi connectivity index (χ2v) is 5.81. The molecule has 4 unspecified atom stereocenters. The van der Waals surface area contributed by atoms with Crippen molar-refractivity contribution in [2.45, 2.75) is 57.7 Å². The summed E-state index contributed by atoms with van der Waals surface area (Å²) in [6.07, 6.45) is 4.18. The zero-order chi connectivity index (χ0) is 14.8. The molecular weight excluding hydrogens is 260 g/mol. The number of ether oxygens (including phenoxy) is 3. The lowest BCUT2D eigenvalue weighted by Crippen LogP contribution is -2.33. The van der Waals surface area contributed by atoms with Gasteiger partial charge in [-0.3, -0.25) is 4.79 Å². The van der Waals surface area contributed by atoms with Crippen molar-refractivity contribution in [3.8, 4) is 0 Å². The van der Waals surface area contributed by atoms with Crippen LogP contribution in [0.3, 0.4) is 0 Å². The molecule has 0 N–H and O–H groups in total. The zero-order valence-corrected chi connectivity index (χ0v) is 12.5. The lowest BCUT2D eigenvalue weighted by atomic mass is 9.83. The molecule has 0 spiro atoms. The molecule has 4 atom stereocenters. The molecule has 1 saturated carbocycles. The fourth-order valence-corrected chi connectivity index (χ4v) is 3.38. The van der Waals surface area contributed by atoms with E-state index in [1.165, 1.54) is 7.11 Å². The summed E-state index contributed by atoms with van der Waals surface area (Å²) in [5.74, 6) is 0.210. The first-order chi connectivity index (χ1) is 9.53. The highest BCUT2D eigenvalue weighted by molar-refractivity contribution is 5.83. The Morgan fingerprint density at radius 3 is 2.50 bits per heavy atom. The Balaban J connectivity index is 1.97. The first-order valence-electron chi connectivity index (χ1n) is 7.45. The average Bonchev–Trinajstić information content (AvgIpc) is 2.87. The van der Waals surface area contributed by atoms with E-state index < -0.39 is 5.60 Å². The van der Waals surface area contributed by atoms with Crippen molar-refractivity contribution in [3.05, 3.63) is 0 Å². The third kappa shape index (κ3) is 2.97. The van der Waals surface area contributed by atoms with Gasteiger partial charge in [0.15, 0.2) is 5.60 Å². The Kier molecular flexibility index (Phi) is 4.68. The lowest BCUT2D eigenvalue weighted by Gasteiger charge is -2.21. The van der Waals surface area contributed by atoms with Crippen LogP contribution in [0.1, 0.15) is 46.0 Å². The van der Waals surface area contributed by atoms with E-state index in [9.17, 15) is 9.59 Å². The van der Waals surface area contributed by atoms with Crippen LogP contribution in [-0.4, -0.2) is 37.4 Å². The number of epoxide rings is 1. The fourth-order valence-electron chi connectivity index (χ4n) is 3.38. The van der Waals surface area contributed by atoms with Gasteiger partial charge >= 0.3 is 11.9 Å². The van der Waals surface area contributed by atoms with Crippen molar-refractivity contribution in [1.82, 2.24) is 0 Å². The molecule has 1 heterocycles. The van der Waals surface area contributed by atoms with Crippen molar-refractivity contribution in [2.24, 2.45) is 11.8 Å². The maximum Gasteiger partial charge on any atom is 0.341 e. The number of hydrogen-bond acceptors (Lipinski definition) is 5. The van der Waals surface area contributed by atoms with Gasteiger partial charge in [0.25, 0.3) is 0 Å². The van der Waals surface area contributed by atoms with Gasteiger partial charge in [0.2, 0.25) is 0 Å². The van der Waals surface area contributed by atoms with Crippen molar-refractivity contribution in [3.63, 3.8) is 0 Å². The van der Waals surface area contributed by atoms with E-state index in [4.69, 9.17) is 14.2 Å². The van der Waals surface area contributed by atoms with Crippen LogP contribution in [0.15, 0.2) is 0 Å². The number of hydrogen-bond donors (Lipinski definition) is 0. The predicted molar refractivity (Wildman–Crippen MR) is 72.0 cm³/mol. The maximum absolute atomic E-state index is 12.1. The van der Waals surface area contributed by atoms with Gasteiger partial charge in [0.05, 0.1) is 19.8 Å². The normalized spacial score (nSPS) is 35.6. The molecule has 1 saturated heterocycles. The van der Waals surface area contributed by atoms with E-state index in [1.807, 2.05) is 6.92 Å². The van der Waals surface area contributed by atoms with E-state index in [0.717, 1.165) is 19.3 Å². The number of carbonyl (C=O) groups is 2. The second kappa shape index (κ2) is 6.12. The minimum absolute atomic E-state index is 0.0825. The van der Waals surface area contributed by atoms with Crippen LogP contribution in [0.2, 0.25) is 0 Å².